The molecule has 0 aromatic heterocycles. The molecule has 0 saturated carbocycles. The van der Waals surface area contributed by atoms with Crippen molar-refractivity contribution < 1.29 is 9.84 Å². The fourth-order valence-corrected chi connectivity index (χ4v) is 3.53. The number of rotatable bonds is 9. The first-order valence-electron chi connectivity index (χ1n) is 10.4. The number of aliphatic hydroxyl groups is 1. The Morgan fingerprint density at radius 2 is 1.33 bits per heavy atom. The van der Waals surface area contributed by atoms with E-state index in [0.717, 1.165) is 40.1 Å². The van der Waals surface area contributed by atoms with Crippen molar-refractivity contribution in [3.8, 4) is 5.75 Å². The lowest BCUT2D eigenvalue weighted by molar-refractivity contribution is 0.261. The normalized spacial score (nSPS) is 13.1. The van der Waals surface area contributed by atoms with Gasteiger partial charge in [-0.05, 0) is 54.1 Å². The Hall–Kier alpha value is -2.88. The van der Waals surface area contributed by atoms with Crippen LogP contribution in [0.25, 0.3) is 11.1 Å². The van der Waals surface area contributed by atoms with Crippen molar-refractivity contribution in [1.29, 1.82) is 0 Å². The average molecular weight is 402 g/mol. The number of ether oxygens (including phenoxy) is 1. The van der Waals surface area contributed by atoms with Crippen LogP contribution >= 0.6 is 0 Å². The van der Waals surface area contributed by atoms with Crippen molar-refractivity contribution in [3.63, 3.8) is 0 Å². The Morgan fingerprint density at radius 3 is 1.87 bits per heavy atom. The SMILES string of the molecule is CC(CO)/C(=C(/c1ccccc1)c1ccc(OCCN(C)C)cc1)c1ccccc1. The second-order valence-corrected chi connectivity index (χ2v) is 7.78. The Balaban J connectivity index is 2.08. The first-order valence-corrected chi connectivity index (χ1v) is 10.4. The van der Waals surface area contributed by atoms with Gasteiger partial charge in [0.2, 0.25) is 0 Å². The summed E-state index contributed by atoms with van der Waals surface area (Å²) in [5.74, 6) is 0.864. The molecule has 0 saturated heterocycles. The number of likely N-dealkylation sites (N-methyl/N-ethyl adjacent to an activating group) is 1. The first kappa shape index (κ1) is 21.8. The molecule has 0 spiro atoms. The maximum Gasteiger partial charge on any atom is 0.119 e. The minimum absolute atomic E-state index is 0.00127. The maximum atomic E-state index is 10.0. The molecule has 0 aliphatic rings. The standard InChI is InChI=1S/C27H31NO2/c1-21(20-29)26(22-10-6-4-7-11-22)27(23-12-8-5-9-13-23)24-14-16-25(17-15-24)30-19-18-28(2)3/h4-17,21,29H,18-20H2,1-3H3/b27-26+. The largest absolute Gasteiger partial charge is 0.492 e. The lowest BCUT2D eigenvalue weighted by Crippen LogP contribution is -2.19. The van der Waals surface area contributed by atoms with Crippen LogP contribution < -0.4 is 4.74 Å². The molecule has 0 bridgehead atoms. The van der Waals surface area contributed by atoms with Gasteiger partial charge in [-0.15, -0.1) is 0 Å². The van der Waals surface area contributed by atoms with E-state index >= 15 is 0 Å². The molecule has 0 heterocycles. The van der Waals surface area contributed by atoms with Crippen molar-refractivity contribution in [1.82, 2.24) is 4.90 Å². The molecule has 1 N–H and O–H groups in total. The Bertz CT molecular complexity index is 932. The van der Waals surface area contributed by atoms with Gasteiger partial charge in [-0.3, -0.25) is 0 Å². The molecule has 1 atom stereocenters. The van der Waals surface area contributed by atoms with E-state index in [1.165, 1.54) is 0 Å². The van der Waals surface area contributed by atoms with E-state index in [0.29, 0.717) is 6.61 Å². The number of aliphatic hydroxyl groups excluding tert-OH is 1. The molecule has 3 aromatic carbocycles. The van der Waals surface area contributed by atoms with Crippen molar-refractivity contribution in [2.24, 2.45) is 5.92 Å². The lowest BCUT2D eigenvalue weighted by Gasteiger charge is -2.22. The maximum absolute atomic E-state index is 10.0. The van der Waals surface area contributed by atoms with Gasteiger partial charge in [0.1, 0.15) is 12.4 Å². The fourth-order valence-electron chi connectivity index (χ4n) is 3.53. The highest BCUT2D eigenvalue weighted by Crippen LogP contribution is 2.37. The highest BCUT2D eigenvalue weighted by Gasteiger charge is 2.19. The van der Waals surface area contributed by atoms with Crippen LogP contribution in [0.1, 0.15) is 23.6 Å². The van der Waals surface area contributed by atoms with Gasteiger partial charge in [0.25, 0.3) is 0 Å². The molecule has 0 fully saturated rings. The predicted octanol–water partition coefficient (Wildman–Crippen LogP) is 5.21. The van der Waals surface area contributed by atoms with E-state index in [2.05, 4.69) is 60.4 Å². The quantitative estimate of drug-likeness (QED) is 0.499. The van der Waals surface area contributed by atoms with E-state index < -0.39 is 0 Å². The van der Waals surface area contributed by atoms with Crippen LogP contribution in [-0.2, 0) is 0 Å². The molecular weight excluding hydrogens is 370 g/mol. The Morgan fingerprint density at radius 1 is 0.800 bits per heavy atom. The molecule has 1 unspecified atom stereocenters. The summed E-state index contributed by atoms with van der Waals surface area (Å²) in [6.45, 7) is 3.70. The van der Waals surface area contributed by atoms with Gasteiger partial charge >= 0.3 is 0 Å². The molecule has 3 aromatic rings. The summed E-state index contributed by atoms with van der Waals surface area (Å²) in [7, 11) is 4.08. The van der Waals surface area contributed by atoms with Crippen LogP contribution in [0.15, 0.2) is 84.9 Å². The van der Waals surface area contributed by atoms with E-state index in [9.17, 15) is 5.11 Å². The van der Waals surface area contributed by atoms with Gasteiger partial charge < -0.3 is 14.7 Å². The van der Waals surface area contributed by atoms with Gasteiger partial charge in [-0.2, -0.15) is 0 Å². The van der Waals surface area contributed by atoms with Crippen LogP contribution in [0, 0.1) is 5.92 Å². The van der Waals surface area contributed by atoms with Crippen LogP contribution in [0.3, 0.4) is 0 Å². The van der Waals surface area contributed by atoms with Gasteiger partial charge in [-0.1, -0.05) is 79.7 Å². The third-order valence-electron chi connectivity index (χ3n) is 5.13. The van der Waals surface area contributed by atoms with Crippen LogP contribution in [0.4, 0.5) is 0 Å². The molecule has 3 rings (SSSR count). The fraction of sp³-hybridized carbons (Fsp3) is 0.259. The molecular formula is C27H31NO2. The first-order chi connectivity index (χ1) is 14.6. The number of nitrogens with zero attached hydrogens (tertiary/aromatic N) is 1. The Labute approximate surface area is 180 Å². The summed E-state index contributed by atoms with van der Waals surface area (Å²) in [5.41, 5.74) is 5.66. The van der Waals surface area contributed by atoms with Gasteiger partial charge in [0.15, 0.2) is 0 Å². The molecule has 3 heteroatoms. The molecule has 3 nitrogen and oxygen atoms in total. The van der Waals surface area contributed by atoms with Gasteiger partial charge in [-0.25, -0.2) is 0 Å². The predicted molar refractivity (Wildman–Crippen MR) is 126 cm³/mol. The Kier molecular flexibility index (Phi) is 7.83. The minimum Gasteiger partial charge on any atom is -0.492 e. The number of hydrogen-bond donors (Lipinski definition) is 1. The third kappa shape index (κ3) is 5.59. The van der Waals surface area contributed by atoms with Gasteiger partial charge in [0.05, 0.1) is 0 Å². The zero-order valence-electron chi connectivity index (χ0n) is 18.1. The topological polar surface area (TPSA) is 32.7 Å². The van der Waals surface area contributed by atoms with Crippen LogP contribution in [0.5, 0.6) is 5.75 Å². The van der Waals surface area contributed by atoms with E-state index in [1.807, 2.05) is 50.5 Å². The average Bonchev–Trinajstić information content (AvgIpc) is 2.78. The van der Waals surface area contributed by atoms with Crippen LogP contribution in [-0.4, -0.2) is 43.9 Å². The van der Waals surface area contributed by atoms with E-state index in [1.54, 1.807) is 0 Å². The summed E-state index contributed by atoms with van der Waals surface area (Å²) < 4.78 is 5.87. The lowest BCUT2D eigenvalue weighted by atomic mass is 9.83. The summed E-state index contributed by atoms with van der Waals surface area (Å²) >= 11 is 0. The molecule has 156 valence electrons. The smallest absolute Gasteiger partial charge is 0.119 e. The highest BCUT2D eigenvalue weighted by molar-refractivity contribution is 5.99. The van der Waals surface area contributed by atoms with E-state index in [4.69, 9.17) is 4.74 Å². The number of benzene rings is 3. The second kappa shape index (κ2) is 10.8. The molecule has 0 aliphatic carbocycles. The van der Waals surface area contributed by atoms with Crippen molar-refractivity contribution >= 4 is 11.1 Å². The molecule has 0 radical (unpaired) electrons. The van der Waals surface area contributed by atoms with Crippen molar-refractivity contribution in [2.45, 2.75) is 6.92 Å². The number of hydrogen-bond acceptors (Lipinski definition) is 3. The zero-order chi connectivity index (χ0) is 21.3. The summed E-state index contributed by atoms with van der Waals surface area (Å²) in [4.78, 5) is 2.10. The van der Waals surface area contributed by atoms with Crippen LogP contribution in [0.2, 0.25) is 0 Å². The monoisotopic (exact) mass is 401 g/mol. The summed E-state index contributed by atoms with van der Waals surface area (Å²) in [6, 6.07) is 29.0. The highest BCUT2D eigenvalue weighted by atomic mass is 16.5. The van der Waals surface area contributed by atoms with Crippen molar-refractivity contribution in [2.75, 3.05) is 33.9 Å². The third-order valence-corrected chi connectivity index (χ3v) is 5.13. The molecule has 0 amide bonds. The van der Waals surface area contributed by atoms with Crippen molar-refractivity contribution in [3.05, 3.63) is 102 Å². The second-order valence-electron chi connectivity index (χ2n) is 7.78. The summed E-state index contributed by atoms with van der Waals surface area (Å²) in [6.07, 6.45) is 0. The van der Waals surface area contributed by atoms with E-state index in [-0.39, 0.29) is 12.5 Å². The van der Waals surface area contributed by atoms with Gasteiger partial charge in [0, 0.05) is 19.1 Å². The molecule has 30 heavy (non-hydrogen) atoms. The summed E-state index contributed by atoms with van der Waals surface area (Å²) in [5, 5.41) is 10.0. The minimum atomic E-state index is -0.00127. The zero-order valence-corrected chi connectivity index (χ0v) is 18.1. The molecule has 0 aliphatic heterocycles.